The van der Waals surface area contributed by atoms with Gasteiger partial charge in [0.1, 0.15) is 11.8 Å². The Hall–Kier alpha value is -2.49. The average molecular weight is 324 g/mol. The number of nitrogens with zero attached hydrogens (tertiary/aromatic N) is 1. The van der Waals surface area contributed by atoms with Gasteiger partial charge in [-0.3, -0.25) is 4.79 Å². The molecule has 24 heavy (non-hydrogen) atoms. The number of hydrogen-bond acceptors (Lipinski definition) is 3. The molecule has 1 N–H and O–H groups in total. The number of unbranched alkanes of at least 4 members (excludes halogenated alkanes) is 1. The Labute approximate surface area is 143 Å². The molecule has 0 bridgehead atoms. The highest BCUT2D eigenvalue weighted by atomic mass is 16.5. The molecule has 0 spiro atoms. The number of rotatable bonds is 6. The van der Waals surface area contributed by atoms with Gasteiger partial charge in [-0.2, -0.15) is 0 Å². The molecule has 0 aromatic heterocycles. The van der Waals surface area contributed by atoms with E-state index < -0.39 is 0 Å². The van der Waals surface area contributed by atoms with Crippen LogP contribution in [0, 0.1) is 6.92 Å². The molecule has 4 heteroatoms. The Morgan fingerprint density at radius 1 is 1.12 bits per heavy atom. The van der Waals surface area contributed by atoms with Gasteiger partial charge in [0.15, 0.2) is 0 Å². The summed E-state index contributed by atoms with van der Waals surface area (Å²) in [5.41, 5.74) is 3.20. The van der Waals surface area contributed by atoms with Crippen molar-refractivity contribution in [3.05, 3.63) is 54.1 Å². The quantitative estimate of drug-likeness (QED) is 0.817. The van der Waals surface area contributed by atoms with E-state index in [-0.39, 0.29) is 11.9 Å². The molecule has 4 nitrogen and oxygen atoms in total. The fourth-order valence-electron chi connectivity index (χ4n) is 2.98. The summed E-state index contributed by atoms with van der Waals surface area (Å²) in [5, 5.41) is 3.25. The summed E-state index contributed by atoms with van der Waals surface area (Å²) in [6.07, 6.45) is 1.83. The number of para-hydroxylation sites is 2. The molecule has 2 aromatic rings. The number of ether oxygens (including phenoxy) is 1. The number of carbonyl (C=O) groups excluding carboxylic acids is 1. The highest BCUT2D eigenvalue weighted by Gasteiger charge is 2.28. The van der Waals surface area contributed by atoms with Crippen LogP contribution in [0.3, 0.4) is 0 Å². The molecule has 1 atom stereocenters. The van der Waals surface area contributed by atoms with Gasteiger partial charge >= 0.3 is 0 Å². The van der Waals surface area contributed by atoms with Crippen LogP contribution in [-0.2, 0) is 4.79 Å². The van der Waals surface area contributed by atoms with E-state index in [2.05, 4.69) is 18.3 Å². The number of fused-ring (bicyclic) bond motifs is 1. The summed E-state index contributed by atoms with van der Waals surface area (Å²) in [6.45, 7) is 5.35. The third-order valence-electron chi connectivity index (χ3n) is 4.24. The zero-order valence-corrected chi connectivity index (χ0v) is 14.3. The fraction of sp³-hybridized carbons (Fsp3) is 0.350. The number of carbonyl (C=O) groups is 1. The lowest BCUT2D eigenvalue weighted by Crippen LogP contribution is -2.46. The van der Waals surface area contributed by atoms with E-state index in [9.17, 15) is 4.79 Å². The molecule has 1 amide bonds. The van der Waals surface area contributed by atoms with Crippen LogP contribution in [0.15, 0.2) is 48.5 Å². The first-order chi connectivity index (χ1) is 11.6. The number of anilines is 2. The Morgan fingerprint density at radius 3 is 2.79 bits per heavy atom. The molecule has 0 fully saturated rings. The second-order valence-electron chi connectivity index (χ2n) is 6.25. The summed E-state index contributed by atoms with van der Waals surface area (Å²) >= 11 is 0. The first kappa shape index (κ1) is 16.4. The van der Waals surface area contributed by atoms with Crippen molar-refractivity contribution in [1.82, 2.24) is 0 Å². The second kappa shape index (κ2) is 7.39. The molecule has 2 aromatic carbocycles. The van der Waals surface area contributed by atoms with Crippen LogP contribution >= 0.6 is 0 Å². The van der Waals surface area contributed by atoms with Gasteiger partial charge in [-0.25, -0.2) is 0 Å². The molecule has 1 aliphatic heterocycles. The van der Waals surface area contributed by atoms with E-state index >= 15 is 0 Å². The van der Waals surface area contributed by atoms with Crippen LogP contribution in [-0.4, -0.2) is 25.1 Å². The van der Waals surface area contributed by atoms with E-state index in [4.69, 9.17) is 4.74 Å². The van der Waals surface area contributed by atoms with Gasteiger partial charge in [-0.15, -0.1) is 0 Å². The molecule has 126 valence electrons. The topological polar surface area (TPSA) is 41.6 Å². The molecular weight excluding hydrogens is 300 g/mol. The maximum absolute atomic E-state index is 12.4. The van der Waals surface area contributed by atoms with E-state index in [0.29, 0.717) is 6.61 Å². The smallest absolute Gasteiger partial charge is 0.249 e. The lowest BCUT2D eigenvalue weighted by atomic mass is 10.1. The van der Waals surface area contributed by atoms with E-state index in [1.807, 2.05) is 54.3 Å². The Bertz CT molecular complexity index is 714. The fourth-order valence-corrected chi connectivity index (χ4v) is 2.98. The Kier molecular flexibility index (Phi) is 5.04. The first-order valence-corrected chi connectivity index (χ1v) is 8.51. The lowest BCUT2D eigenvalue weighted by Gasteiger charge is -2.34. The molecule has 1 unspecified atom stereocenters. The Balaban J connectivity index is 1.52. The average Bonchev–Trinajstić information content (AvgIpc) is 2.58. The molecule has 0 aliphatic carbocycles. The lowest BCUT2D eigenvalue weighted by molar-refractivity contribution is -0.119. The second-order valence-corrected chi connectivity index (χ2v) is 6.25. The molecule has 1 aliphatic rings. The van der Waals surface area contributed by atoms with Crippen molar-refractivity contribution in [2.45, 2.75) is 32.7 Å². The van der Waals surface area contributed by atoms with Crippen LogP contribution in [0.25, 0.3) is 0 Å². The molecule has 0 saturated carbocycles. The van der Waals surface area contributed by atoms with Gasteiger partial charge < -0.3 is 15.0 Å². The minimum Gasteiger partial charge on any atom is -0.494 e. The zero-order valence-electron chi connectivity index (χ0n) is 14.3. The molecular formula is C20H24N2O2. The molecule has 0 saturated heterocycles. The van der Waals surface area contributed by atoms with Gasteiger partial charge in [0.25, 0.3) is 0 Å². The Morgan fingerprint density at radius 2 is 1.96 bits per heavy atom. The van der Waals surface area contributed by atoms with Gasteiger partial charge in [-0.05, 0) is 56.5 Å². The van der Waals surface area contributed by atoms with Gasteiger partial charge in [-0.1, -0.05) is 24.3 Å². The minimum atomic E-state index is -0.177. The summed E-state index contributed by atoms with van der Waals surface area (Å²) in [4.78, 5) is 14.3. The van der Waals surface area contributed by atoms with Crippen molar-refractivity contribution in [3.8, 4) is 5.75 Å². The van der Waals surface area contributed by atoms with E-state index in [0.717, 1.165) is 36.5 Å². The van der Waals surface area contributed by atoms with Crippen molar-refractivity contribution in [2.75, 3.05) is 23.4 Å². The summed E-state index contributed by atoms with van der Waals surface area (Å²) in [5.74, 6) is 1.04. The predicted octanol–water partition coefficient (Wildman–Crippen LogP) is 4.00. The monoisotopic (exact) mass is 324 g/mol. The molecule has 1 heterocycles. The van der Waals surface area contributed by atoms with Gasteiger partial charge in [0, 0.05) is 6.54 Å². The SMILES string of the molecule is Cc1cccc(OCCCCN2C(=O)C(C)Nc3ccccc32)c1. The summed E-state index contributed by atoms with van der Waals surface area (Å²) < 4.78 is 5.78. The third kappa shape index (κ3) is 3.70. The number of aryl methyl sites for hydroxylation is 1. The van der Waals surface area contributed by atoms with E-state index in [1.54, 1.807) is 0 Å². The van der Waals surface area contributed by atoms with Crippen molar-refractivity contribution < 1.29 is 9.53 Å². The summed E-state index contributed by atoms with van der Waals surface area (Å²) in [6, 6.07) is 15.9. The van der Waals surface area contributed by atoms with Crippen LogP contribution in [0.1, 0.15) is 25.3 Å². The van der Waals surface area contributed by atoms with Crippen LogP contribution in [0.4, 0.5) is 11.4 Å². The molecule has 0 radical (unpaired) electrons. The predicted molar refractivity (Wildman–Crippen MR) is 97.8 cm³/mol. The van der Waals surface area contributed by atoms with Crippen molar-refractivity contribution in [2.24, 2.45) is 0 Å². The normalized spacial score (nSPS) is 16.5. The highest BCUT2D eigenvalue weighted by Crippen LogP contribution is 2.31. The number of amides is 1. The number of nitrogens with one attached hydrogen (secondary N) is 1. The first-order valence-electron chi connectivity index (χ1n) is 8.51. The maximum Gasteiger partial charge on any atom is 0.249 e. The standard InChI is InChI=1S/C20H24N2O2/c1-15-8-7-9-17(14-15)24-13-6-5-12-22-19-11-4-3-10-18(19)21-16(2)20(22)23/h3-4,7-11,14,16,21H,5-6,12-13H2,1-2H3. The maximum atomic E-state index is 12.4. The minimum absolute atomic E-state index is 0.133. The van der Waals surface area contributed by atoms with E-state index in [1.165, 1.54) is 5.56 Å². The summed E-state index contributed by atoms with van der Waals surface area (Å²) in [7, 11) is 0. The largest absolute Gasteiger partial charge is 0.494 e. The van der Waals surface area contributed by atoms with Crippen molar-refractivity contribution in [3.63, 3.8) is 0 Å². The van der Waals surface area contributed by atoms with Crippen LogP contribution < -0.4 is 15.0 Å². The highest BCUT2D eigenvalue weighted by molar-refractivity contribution is 6.04. The van der Waals surface area contributed by atoms with Gasteiger partial charge in [0.2, 0.25) is 5.91 Å². The zero-order chi connectivity index (χ0) is 16.9. The number of hydrogen-bond donors (Lipinski definition) is 1. The molecule has 3 rings (SSSR count). The number of benzene rings is 2. The van der Waals surface area contributed by atoms with Crippen molar-refractivity contribution >= 4 is 17.3 Å². The van der Waals surface area contributed by atoms with Crippen molar-refractivity contribution in [1.29, 1.82) is 0 Å². The van der Waals surface area contributed by atoms with Gasteiger partial charge in [0.05, 0.1) is 18.0 Å². The third-order valence-corrected chi connectivity index (χ3v) is 4.24. The van der Waals surface area contributed by atoms with Crippen LogP contribution in [0.5, 0.6) is 5.75 Å². The van der Waals surface area contributed by atoms with Crippen LogP contribution in [0.2, 0.25) is 0 Å².